The Morgan fingerprint density at radius 3 is 2.88 bits per heavy atom. The quantitative estimate of drug-likeness (QED) is 0.709. The Labute approximate surface area is 102 Å². The summed E-state index contributed by atoms with van der Waals surface area (Å²) in [6.07, 6.45) is 1.49. The number of aryl methyl sites for hydroxylation is 1. The summed E-state index contributed by atoms with van der Waals surface area (Å²) >= 11 is 3.02. The highest BCUT2D eigenvalue weighted by Gasteiger charge is 2.11. The molecule has 0 unspecified atom stereocenters. The van der Waals surface area contributed by atoms with E-state index in [9.17, 15) is 9.90 Å². The van der Waals surface area contributed by atoms with Crippen LogP contribution in [0.1, 0.15) is 16.8 Å². The lowest BCUT2D eigenvalue weighted by molar-refractivity contribution is -0.118. The van der Waals surface area contributed by atoms with Crippen LogP contribution in [0.3, 0.4) is 0 Å². The normalized spacial score (nSPS) is 10.2. The van der Waals surface area contributed by atoms with E-state index in [2.05, 4.69) is 26.2 Å². The van der Waals surface area contributed by atoms with E-state index in [1.54, 1.807) is 6.92 Å². The molecule has 0 atom stereocenters. The number of rotatable bonds is 4. The smallest absolute Gasteiger partial charge is 0.230 e. The van der Waals surface area contributed by atoms with Crippen molar-refractivity contribution in [2.75, 3.05) is 5.33 Å². The van der Waals surface area contributed by atoms with Gasteiger partial charge in [-0.3, -0.25) is 9.78 Å². The van der Waals surface area contributed by atoms with Crippen molar-refractivity contribution < 1.29 is 15.0 Å². The van der Waals surface area contributed by atoms with Crippen molar-refractivity contribution >= 4 is 21.8 Å². The van der Waals surface area contributed by atoms with Gasteiger partial charge in [0.25, 0.3) is 0 Å². The number of aromatic hydroxyl groups is 1. The molecule has 1 amide bonds. The largest absolute Gasteiger partial charge is 0.506 e. The van der Waals surface area contributed by atoms with Crippen LogP contribution in [-0.4, -0.2) is 26.4 Å². The fourth-order valence-corrected chi connectivity index (χ4v) is 1.45. The summed E-state index contributed by atoms with van der Waals surface area (Å²) in [5.74, 6) is -0.167. The highest BCUT2D eigenvalue weighted by molar-refractivity contribution is 9.09. The maximum absolute atomic E-state index is 11.1. The molecule has 16 heavy (non-hydrogen) atoms. The van der Waals surface area contributed by atoms with E-state index < -0.39 is 0 Å². The van der Waals surface area contributed by atoms with Gasteiger partial charge >= 0.3 is 0 Å². The fraction of sp³-hybridized carbons (Fsp3) is 0.400. The van der Waals surface area contributed by atoms with Gasteiger partial charge in [0, 0.05) is 23.9 Å². The third-order valence-electron chi connectivity index (χ3n) is 2.18. The molecule has 0 fully saturated rings. The zero-order chi connectivity index (χ0) is 12.1. The van der Waals surface area contributed by atoms with Crippen LogP contribution in [-0.2, 0) is 17.9 Å². The van der Waals surface area contributed by atoms with Crippen molar-refractivity contribution in [3.8, 4) is 5.75 Å². The number of carbonyl (C=O) groups is 1. The van der Waals surface area contributed by atoms with Crippen molar-refractivity contribution in [1.82, 2.24) is 10.3 Å². The molecule has 0 saturated heterocycles. The molecule has 0 aliphatic heterocycles. The minimum absolute atomic E-state index is 0.0152. The summed E-state index contributed by atoms with van der Waals surface area (Å²) in [6, 6.07) is 0. The van der Waals surface area contributed by atoms with Crippen LogP contribution in [0, 0.1) is 6.92 Å². The molecule has 0 saturated carbocycles. The molecule has 0 aromatic carbocycles. The summed E-state index contributed by atoms with van der Waals surface area (Å²) in [6.45, 7) is 1.61. The summed E-state index contributed by atoms with van der Waals surface area (Å²) in [5, 5.41) is 21.6. The zero-order valence-corrected chi connectivity index (χ0v) is 10.4. The highest BCUT2D eigenvalue weighted by Crippen LogP contribution is 2.23. The summed E-state index contributed by atoms with van der Waals surface area (Å²) < 4.78 is 0. The number of amides is 1. The number of hydrogen-bond donors (Lipinski definition) is 3. The summed E-state index contributed by atoms with van der Waals surface area (Å²) in [5.41, 5.74) is 1.49. The van der Waals surface area contributed by atoms with Crippen molar-refractivity contribution in [2.24, 2.45) is 0 Å². The van der Waals surface area contributed by atoms with Crippen LogP contribution in [0.5, 0.6) is 5.75 Å². The Bertz CT molecular complexity index is 396. The van der Waals surface area contributed by atoms with E-state index in [4.69, 9.17) is 5.11 Å². The standard InChI is InChI=1S/C10H13BrN2O3/c1-6-10(16)8(4-13-9(15)2-11)7(5-14)3-12-6/h3,14,16H,2,4-5H2,1H3,(H,13,15). The van der Waals surface area contributed by atoms with E-state index in [0.717, 1.165) is 0 Å². The molecule has 5 nitrogen and oxygen atoms in total. The topological polar surface area (TPSA) is 82.5 Å². The second kappa shape index (κ2) is 5.81. The van der Waals surface area contributed by atoms with Crippen molar-refractivity contribution in [3.63, 3.8) is 0 Å². The minimum atomic E-state index is -0.222. The molecule has 1 heterocycles. The number of hydrogen-bond acceptors (Lipinski definition) is 4. The number of halogens is 1. The molecule has 0 aliphatic carbocycles. The molecule has 0 aliphatic rings. The van der Waals surface area contributed by atoms with Crippen molar-refractivity contribution in [1.29, 1.82) is 0 Å². The number of aliphatic hydroxyl groups excluding tert-OH is 1. The number of pyridine rings is 1. The molecule has 0 spiro atoms. The number of nitrogens with one attached hydrogen (secondary N) is 1. The van der Waals surface area contributed by atoms with Crippen LogP contribution in [0.4, 0.5) is 0 Å². The van der Waals surface area contributed by atoms with Gasteiger partial charge in [-0.15, -0.1) is 0 Å². The molecular weight excluding hydrogens is 276 g/mol. The van der Waals surface area contributed by atoms with Crippen molar-refractivity contribution in [2.45, 2.75) is 20.1 Å². The van der Waals surface area contributed by atoms with Gasteiger partial charge in [0.05, 0.1) is 17.6 Å². The first-order valence-corrected chi connectivity index (χ1v) is 5.82. The third-order valence-corrected chi connectivity index (χ3v) is 2.69. The third kappa shape index (κ3) is 2.93. The van der Waals surface area contributed by atoms with E-state index in [1.807, 2.05) is 0 Å². The van der Waals surface area contributed by atoms with Crippen LogP contribution in [0.2, 0.25) is 0 Å². The zero-order valence-electron chi connectivity index (χ0n) is 8.83. The fourth-order valence-electron chi connectivity index (χ4n) is 1.25. The maximum atomic E-state index is 11.1. The van der Waals surface area contributed by atoms with Gasteiger partial charge in [-0.2, -0.15) is 0 Å². The van der Waals surface area contributed by atoms with Gasteiger partial charge in [0.2, 0.25) is 5.91 Å². The first-order chi connectivity index (χ1) is 7.60. The molecule has 1 aromatic heterocycles. The van der Waals surface area contributed by atoms with Gasteiger partial charge in [0.1, 0.15) is 5.75 Å². The molecule has 3 N–H and O–H groups in total. The summed E-state index contributed by atoms with van der Waals surface area (Å²) in [7, 11) is 0. The molecular formula is C10H13BrN2O3. The van der Waals surface area contributed by atoms with Crippen molar-refractivity contribution in [3.05, 3.63) is 23.0 Å². The molecule has 6 heteroatoms. The lowest BCUT2D eigenvalue weighted by Crippen LogP contribution is -2.24. The molecule has 1 rings (SSSR count). The Balaban J connectivity index is 2.92. The maximum Gasteiger partial charge on any atom is 0.230 e. The predicted molar refractivity (Wildman–Crippen MR) is 62.2 cm³/mol. The van der Waals surface area contributed by atoms with Gasteiger partial charge in [0.15, 0.2) is 0 Å². The second-order valence-corrected chi connectivity index (χ2v) is 3.83. The first kappa shape index (κ1) is 12.9. The monoisotopic (exact) mass is 288 g/mol. The SMILES string of the molecule is Cc1ncc(CO)c(CNC(=O)CBr)c1O. The average molecular weight is 289 g/mol. The molecule has 0 radical (unpaired) electrons. The Hall–Kier alpha value is -1.14. The number of aliphatic hydroxyl groups is 1. The van der Waals surface area contributed by atoms with Gasteiger partial charge in [-0.1, -0.05) is 15.9 Å². The Morgan fingerprint density at radius 2 is 2.31 bits per heavy atom. The molecule has 1 aromatic rings. The number of alkyl halides is 1. The van der Waals surface area contributed by atoms with Gasteiger partial charge in [-0.25, -0.2) is 0 Å². The van der Waals surface area contributed by atoms with E-state index in [-0.39, 0.29) is 30.1 Å². The van der Waals surface area contributed by atoms with Crippen LogP contribution < -0.4 is 5.32 Å². The van der Waals surface area contributed by atoms with E-state index >= 15 is 0 Å². The predicted octanol–water partition coefficient (Wildman–Crippen LogP) is 0.599. The van der Waals surface area contributed by atoms with Crippen LogP contribution in [0.25, 0.3) is 0 Å². The van der Waals surface area contributed by atoms with Crippen LogP contribution >= 0.6 is 15.9 Å². The Kier molecular flexibility index (Phi) is 4.70. The van der Waals surface area contributed by atoms with Gasteiger partial charge in [-0.05, 0) is 6.92 Å². The first-order valence-electron chi connectivity index (χ1n) is 4.70. The highest BCUT2D eigenvalue weighted by atomic mass is 79.9. The summed E-state index contributed by atoms with van der Waals surface area (Å²) in [4.78, 5) is 15.0. The number of carbonyl (C=O) groups excluding carboxylic acids is 1. The van der Waals surface area contributed by atoms with E-state index in [1.165, 1.54) is 6.20 Å². The van der Waals surface area contributed by atoms with E-state index in [0.29, 0.717) is 16.8 Å². The van der Waals surface area contributed by atoms with Crippen LogP contribution in [0.15, 0.2) is 6.20 Å². The lowest BCUT2D eigenvalue weighted by Gasteiger charge is -2.11. The molecule has 0 bridgehead atoms. The average Bonchev–Trinajstić information content (AvgIpc) is 2.30. The number of aromatic nitrogens is 1. The lowest BCUT2D eigenvalue weighted by atomic mass is 10.1. The van der Waals surface area contributed by atoms with Gasteiger partial charge < -0.3 is 15.5 Å². The molecule has 88 valence electrons. The Morgan fingerprint density at radius 1 is 1.62 bits per heavy atom. The number of nitrogens with zero attached hydrogens (tertiary/aromatic N) is 1. The minimum Gasteiger partial charge on any atom is -0.506 e. The second-order valence-electron chi connectivity index (χ2n) is 3.26.